The Balaban J connectivity index is 2.87. The van der Waals surface area contributed by atoms with E-state index in [1.54, 1.807) is 24.7 Å². The summed E-state index contributed by atoms with van der Waals surface area (Å²) in [7, 11) is 1.78. The molecule has 62 valence electrons. The van der Waals surface area contributed by atoms with Crippen LogP contribution in [-0.4, -0.2) is 15.3 Å². The van der Waals surface area contributed by atoms with Gasteiger partial charge in [-0.25, -0.2) is 4.98 Å². The molecule has 1 heterocycles. The van der Waals surface area contributed by atoms with Gasteiger partial charge in [0, 0.05) is 13.2 Å². The molecule has 0 saturated heterocycles. The van der Waals surface area contributed by atoms with Crippen LogP contribution in [0.15, 0.2) is 12.5 Å². The van der Waals surface area contributed by atoms with Crippen LogP contribution in [0, 0.1) is 17.2 Å². The van der Waals surface area contributed by atoms with Crippen LogP contribution in [0.2, 0.25) is 0 Å². The number of imidazole rings is 1. The largest absolute Gasteiger partial charge is 0.340 e. The molecule has 4 heteroatoms. The number of nitriles is 1. The average Bonchev–Trinajstić information content (AvgIpc) is 2.49. The number of nitrogens with zero attached hydrogens (tertiary/aromatic N) is 3. The van der Waals surface area contributed by atoms with Crippen LogP contribution >= 0.6 is 0 Å². The smallest absolute Gasteiger partial charge is 0.199 e. The zero-order valence-electron chi connectivity index (χ0n) is 6.98. The Kier molecular flexibility index (Phi) is 2.24. The van der Waals surface area contributed by atoms with Crippen LogP contribution in [0.3, 0.4) is 0 Å². The van der Waals surface area contributed by atoms with Crippen LogP contribution in [0.5, 0.6) is 0 Å². The topological polar surface area (TPSA) is 58.7 Å². The van der Waals surface area contributed by atoms with Gasteiger partial charge in [-0.3, -0.25) is 4.79 Å². The second kappa shape index (κ2) is 3.18. The number of carbonyl (C=O) groups excluding carboxylic acids is 1. The normalized spacial score (nSPS) is 12.1. The van der Waals surface area contributed by atoms with Gasteiger partial charge in [-0.15, -0.1) is 0 Å². The summed E-state index contributed by atoms with van der Waals surface area (Å²) in [6, 6.07) is 1.87. The fourth-order valence-corrected chi connectivity index (χ4v) is 0.821. The van der Waals surface area contributed by atoms with Crippen molar-refractivity contribution in [1.29, 1.82) is 5.26 Å². The van der Waals surface area contributed by atoms with Crippen molar-refractivity contribution in [2.24, 2.45) is 13.0 Å². The summed E-state index contributed by atoms with van der Waals surface area (Å²) in [6.07, 6.45) is 3.15. The Morgan fingerprint density at radius 1 is 1.83 bits per heavy atom. The lowest BCUT2D eigenvalue weighted by atomic mass is 10.1. The van der Waals surface area contributed by atoms with E-state index in [9.17, 15) is 4.79 Å². The molecule has 0 fully saturated rings. The SMILES string of the molecule is CC(C#N)C(=O)c1cn(C)cn1. The number of carbonyl (C=O) groups is 1. The van der Waals surface area contributed by atoms with E-state index in [0.717, 1.165) is 0 Å². The summed E-state index contributed by atoms with van der Waals surface area (Å²) in [5.41, 5.74) is 0.353. The van der Waals surface area contributed by atoms with Crippen molar-refractivity contribution in [3.05, 3.63) is 18.2 Å². The van der Waals surface area contributed by atoms with E-state index in [2.05, 4.69) is 4.98 Å². The molecule has 0 aliphatic heterocycles. The number of Topliss-reactive ketones (excluding diaryl/α,β-unsaturated/α-hetero) is 1. The Morgan fingerprint density at radius 3 is 2.92 bits per heavy atom. The minimum Gasteiger partial charge on any atom is -0.340 e. The quantitative estimate of drug-likeness (QED) is 0.605. The van der Waals surface area contributed by atoms with Crippen LogP contribution in [-0.2, 0) is 7.05 Å². The fraction of sp³-hybridized carbons (Fsp3) is 0.375. The lowest BCUT2D eigenvalue weighted by molar-refractivity contribution is 0.0952. The Labute approximate surface area is 70.4 Å². The highest BCUT2D eigenvalue weighted by Crippen LogP contribution is 2.04. The van der Waals surface area contributed by atoms with Crippen molar-refractivity contribution in [1.82, 2.24) is 9.55 Å². The molecule has 1 atom stereocenters. The molecule has 1 rings (SSSR count). The van der Waals surface area contributed by atoms with E-state index >= 15 is 0 Å². The predicted molar refractivity (Wildman–Crippen MR) is 42.3 cm³/mol. The van der Waals surface area contributed by atoms with Gasteiger partial charge in [-0.2, -0.15) is 5.26 Å². The first-order valence-corrected chi connectivity index (χ1v) is 3.57. The van der Waals surface area contributed by atoms with Crippen molar-refractivity contribution < 1.29 is 4.79 Å². The van der Waals surface area contributed by atoms with Gasteiger partial charge in [0.25, 0.3) is 0 Å². The maximum atomic E-state index is 11.3. The third-order valence-corrected chi connectivity index (χ3v) is 1.54. The molecular formula is C8H9N3O. The molecule has 0 aliphatic rings. The van der Waals surface area contributed by atoms with Gasteiger partial charge in [0.1, 0.15) is 11.6 Å². The molecule has 4 nitrogen and oxygen atoms in total. The van der Waals surface area contributed by atoms with Gasteiger partial charge in [0.15, 0.2) is 5.78 Å². The summed E-state index contributed by atoms with van der Waals surface area (Å²) in [5.74, 6) is -0.835. The summed E-state index contributed by atoms with van der Waals surface area (Å²) in [4.78, 5) is 15.1. The number of hydrogen-bond donors (Lipinski definition) is 0. The molecule has 0 N–H and O–H groups in total. The first-order valence-electron chi connectivity index (χ1n) is 3.57. The lowest BCUT2D eigenvalue weighted by Gasteiger charge is -1.95. The molecule has 1 unspecified atom stereocenters. The minimum absolute atomic E-state index is 0.224. The van der Waals surface area contributed by atoms with Crippen LogP contribution < -0.4 is 0 Å². The highest BCUT2D eigenvalue weighted by molar-refractivity contribution is 5.97. The number of hydrogen-bond acceptors (Lipinski definition) is 3. The molecule has 0 radical (unpaired) electrons. The number of rotatable bonds is 2. The number of ketones is 1. The van der Waals surface area contributed by atoms with Crippen molar-refractivity contribution >= 4 is 5.78 Å². The third-order valence-electron chi connectivity index (χ3n) is 1.54. The van der Waals surface area contributed by atoms with E-state index in [-0.39, 0.29) is 5.78 Å². The van der Waals surface area contributed by atoms with Gasteiger partial charge in [-0.1, -0.05) is 0 Å². The maximum absolute atomic E-state index is 11.3. The predicted octanol–water partition coefficient (Wildman–Crippen LogP) is 0.762. The van der Waals surface area contributed by atoms with Crippen molar-refractivity contribution in [2.75, 3.05) is 0 Å². The zero-order valence-corrected chi connectivity index (χ0v) is 6.98. The minimum atomic E-state index is -0.611. The van der Waals surface area contributed by atoms with Crippen LogP contribution in [0.1, 0.15) is 17.4 Å². The van der Waals surface area contributed by atoms with E-state index in [0.29, 0.717) is 5.69 Å². The Morgan fingerprint density at radius 2 is 2.50 bits per heavy atom. The summed E-state index contributed by atoms with van der Waals surface area (Å²) in [6.45, 7) is 1.57. The molecule has 0 aromatic carbocycles. The second-order valence-electron chi connectivity index (χ2n) is 2.64. The Hall–Kier alpha value is -1.63. The maximum Gasteiger partial charge on any atom is 0.199 e. The second-order valence-corrected chi connectivity index (χ2v) is 2.64. The van der Waals surface area contributed by atoms with Crippen LogP contribution in [0.25, 0.3) is 0 Å². The molecule has 1 aromatic heterocycles. The molecule has 0 amide bonds. The molecular weight excluding hydrogens is 154 g/mol. The van der Waals surface area contributed by atoms with Gasteiger partial charge in [-0.05, 0) is 6.92 Å². The highest BCUT2D eigenvalue weighted by Gasteiger charge is 2.15. The molecule has 0 saturated carbocycles. The number of aryl methyl sites for hydroxylation is 1. The molecule has 12 heavy (non-hydrogen) atoms. The highest BCUT2D eigenvalue weighted by atomic mass is 16.1. The molecule has 0 spiro atoms. The Bertz CT molecular complexity index is 334. The van der Waals surface area contributed by atoms with Gasteiger partial charge in [0.05, 0.1) is 12.4 Å². The molecule has 0 aliphatic carbocycles. The zero-order chi connectivity index (χ0) is 9.14. The summed E-state index contributed by atoms with van der Waals surface area (Å²) >= 11 is 0. The van der Waals surface area contributed by atoms with Gasteiger partial charge in [0.2, 0.25) is 0 Å². The molecule has 1 aromatic rings. The monoisotopic (exact) mass is 163 g/mol. The van der Waals surface area contributed by atoms with Crippen molar-refractivity contribution in [2.45, 2.75) is 6.92 Å². The lowest BCUT2D eigenvalue weighted by Crippen LogP contribution is -2.09. The van der Waals surface area contributed by atoms with Crippen molar-refractivity contribution in [3.8, 4) is 6.07 Å². The van der Waals surface area contributed by atoms with E-state index in [1.165, 1.54) is 6.33 Å². The number of aromatic nitrogens is 2. The van der Waals surface area contributed by atoms with E-state index < -0.39 is 5.92 Å². The fourth-order valence-electron chi connectivity index (χ4n) is 0.821. The standard InChI is InChI=1S/C8H9N3O/c1-6(3-9)8(12)7-4-11(2)5-10-7/h4-6H,1-2H3. The van der Waals surface area contributed by atoms with Gasteiger partial charge < -0.3 is 4.57 Å². The van der Waals surface area contributed by atoms with Gasteiger partial charge >= 0.3 is 0 Å². The van der Waals surface area contributed by atoms with E-state index in [4.69, 9.17) is 5.26 Å². The summed E-state index contributed by atoms with van der Waals surface area (Å²) < 4.78 is 1.68. The summed E-state index contributed by atoms with van der Waals surface area (Å²) in [5, 5.41) is 8.47. The average molecular weight is 163 g/mol. The first-order chi connectivity index (χ1) is 5.65. The molecule has 0 bridgehead atoms. The van der Waals surface area contributed by atoms with E-state index in [1.807, 2.05) is 6.07 Å². The first kappa shape index (κ1) is 8.47. The van der Waals surface area contributed by atoms with Crippen molar-refractivity contribution in [3.63, 3.8) is 0 Å². The third kappa shape index (κ3) is 1.51. The van der Waals surface area contributed by atoms with Crippen LogP contribution in [0.4, 0.5) is 0 Å².